The lowest BCUT2D eigenvalue weighted by Crippen LogP contribution is -2.09. The standard InChI is InChI=1S/C12H21N3/c1-5-12(6-7-12)10-9(8(2)3)11(13)15(4)14-10/h8H,5-7,13H2,1-4H3. The minimum atomic E-state index is 0.356. The Morgan fingerprint density at radius 3 is 2.47 bits per heavy atom. The highest BCUT2D eigenvalue weighted by Crippen LogP contribution is 2.53. The fraction of sp³-hybridized carbons (Fsp3) is 0.750. The van der Waals surface area contributed by atoms with Crippen molar-refractivity contribution >= 4 is 5.82 Å². The molecule has 3 heteroatoms. The number of aryl methyl sites for hydroxylation is 1. The number of nitrogens with zero attached hydrogens (tertiary/aromatic N) is 2. The molecule has 0 aliphatic heterocycles. The topological polar surface area (TPSA) is 43.8 Å². The van der Waals surface area contributed by atoms with Crippen molar-refractivity contribution in [3.8, 4) is 0 Å². The summed E-state index contributed by atoms with van der Waals surface area (Å²) < 4.78 is 1.83. The van der Waals surface area contributed by atoms with E-state index in [9.17, 15) is 0 Å². The van der Waals surface area contributed by atoms with Gasteiger partial charge in [-0.2, -0.15) is 5.10 Å². The Bertz CT molecular complexity index is 372. The Balaban J connectivity index is 2.52. The van der Waals surface area contributed by atoms with Crippen molar-refractivity contribution < 1.29 is 0 Å². The Labute approximate surface area is 91.7 Å². The van der Waals surface area contributed by atoms with E-state index in [4.69, 9.17) is 5.73 Å². The number of nitrogen functional groups attached to an aromatic ring is 1. The Hall–Kier alpha value is -0.990. The molecule has 1 saturated carbocycles. The number of aromatic nitrogens is 2. The minimum Gasteiger partial charge on any atom is -0.384 e. The summed E-state index contributed by atoms with van der Waals surface area (Å²) in [6.45, 7) is 6.65. The van der Waals surface area contributed by atoms with Crippen LogP contribution in [0.1, 0.15) is 57.2 Å². The lowest BCUT2D eigenvalue weighted by Gasteiger charge is -2.14. The van der Waals surface area contributed by atoms with Crippen molar-refractivity contribution in [3.05, 3.63) is 11.3 Å². The van der Waals surface area contributed by atoms with Gasteiger partial charge in [-0.25, -0.2) is 0 Å². The molecule has 2 N–H and O–H groups in total. The molecule has 0 radical (unpaired) electrons. The van der Waals surface area contributed by atoms with Gasteiger partial charge in [-0.05, 0) is 25.2 Å². The first-order valence-corrected chi connectivity index (χ1v) is 5.84. The molecule has 2 rings (SSSR count). The summed E-state index contributed by atoms with van der Waals surface area (Å²) in [6.07, 6.45) is 3.74. The van der Waals surface area contributed by atoms with Crippen LogP contribution in [0, 0.1) is 0 Å². The lowest BCUT2D eigenvalue weighted by atomic mass is 9.91. The van der Waals surface area contributed by atoms with Crippen LogP contribution < -0.4 is 5.73 Å². The van der Waals surface area contributed by atoms with E-state index >= 15 is 0 Å². The Kier molecular flexibility index (Phi) is 2.28. The highest BCUT2D eigenvalue weighted by Gasteiger charge is 2.46. The molecule has 15 heavy (non-hydrogen) atoms. The van der Waals surface area contributed by atoms with Crippen LogP contribution in [-0.4, -0.2) is 9.78 Å². The van der Waals surface area contributed by atoms with Crippen molar-refractivity contribution in [1.82, 2.24) is 9.78 Å². The van der Waals surface area contributed by atoms with Crippen LogP contribution in [0.4, 0.5) is 5.82 Å². The summed E-state index contributed by atoms with van der Waals surface area (Å²) in [5, 5.41) is 4.63. The first-order valence-electron chi connectivity index (χ1n) is 5.84. The van der Waals surface area contributed by atoms with Gasteiger partial charge >= 0.3 is 0 Å². The molecule has 0 bridgehead atoms. The second-order valence-electron chi connectivity index (χ2n) is 5.06. The summed E-state index contributed by atoms with van der Waals surface area (Å²) in [4.78, 5) is 0. The van der Waals surface area contributed by atoms with Gasteiger partial charge in [-0.3, -0.25) is 4.68 Å². The molecule has 0 atom stereocenters. The maximum absolute atomic E-state index is 6.08. The molecule has 84 valence electrons. The van der Waals surface area contributed by atoms with Gasteiger partial charge in [0.25, 0.3) is 0 Å². The van der Waals surface area contributed by atoms with Gasteiger partial charge in [-0.15, -0.1) is 0 Å². The molecular formula is C12H21N3. The van der Waals surface area contributed by atoms with Gasteiger partial charge in [0.2, 0.25) is 0 Å². The third kappa shape index (κ3) is 1.45. The summed E-state index contributed by atoms with van der Waals surface area (Å²) in [7, 11) is 1.94. The SMILES string of the molecule is CCC1(c2nn(C)c(N)c2C(C)C)CC1. The number of rotatable bonds is 3. The third-order valence-corrected chi connectivity index (χ3v) is 3.74. The quantitative estimate of drug-likeness (QED) is 0.827. The molecule has 0 amide bonds. The molecule has 1 aliphatic rings. The molecule has 1 aromatic heterocycles. The molecule has 3 nitrogen and oxygen atoms in total. The van der Waals surface area contributed by atoms with E-state index in [2.05, 4.69) is 25.9 Å². The highest BCUT2D eigenvalue weighted by atomic mass is 15.3. The number of hydrogen-bond donors (Lipinski definition) is 1. The molecule has 1 aliphatic carbocycles. The highest BCUT2D eigenvalue weighted by molar-refractivity contribution is 5.49. The van der Waals surface area contributed by atoms with E-state index in [0.717, 1.165) is 5.82 Å². The van der Waals surface area contributed by atoms with Gasteiger partial charge in [0.05, 0.1) is 5.69 Å². The zero-order chi connectivity index (χ0) is 11.2. The van der Waals surface area contributed by atoms with Crippen LogP contribution >= 0.6 is 0 Å². The molecular weight excluding hydrogens is 186 g/mol. The van der Waals surface area contributed by atoms with Crippen LogP contribution in [0.25, 0.3) is 0 Å². The maximum Gasteiger partial charge on any atom is 0.125 e. The van der Waals surface area contributed by atoms with Gasteiger partial charge < -0.3 is 5.73 Å². The summed E-state index contributed by atoms with van der Waals surface area (Å²) in [5.74, 6) is 1.32. The Morgan fingerprint density at radius 2 is 2.07 bits per heavy atom. The van der Waals surface area contributed by atoms with E-state index in [1.54, 1.807) is 0 Å². The van der Waals surface area contributed by atoms with Crippen LogP contribution in [0.5, 0.6) is 0 Å². The third-order valence-electron chi connectivity index (χ3n) is 3.74. The zero-order valence-electron chi connectivity index (χ0n) is 10.2. The summed E-state index contributed by atoms with van der Waals surface area (Å²) in [6, 6.07) is 0. The van der Waals surface area contributed by atoms with Crippen LogP contribution in [0.15, 0.2) is 0 Å². The summed E-state index contributed by atoms with van der Waals surface area (Å²) >= 11 is 0. The van der Waals surface area contributed by atoms with E-state index in [1.165, 1.54) is 30.5 Å². The van der Waals surface area contributed by atoms with E-state index in [1.807, 2.05) is 11.7 Å². The van der Waals surface area contributed by atoms with Crippen molar-refractivity contribution in [2.24, 2.45) is 7.05 Å². The molecule has 0 spiro atoms. The van der Waals surface area contributed by atoms with Crippen LogP contribution in [-0.2, 0) is 12.5 Å². The van der Waals surface area contributed by atoms with Crippen molar-refractivity contribution in [2.45, 2.75) is 51.4 Å². The molecule has 1 fully saturated rings. The molecule has 1 aromatic rings. The van der Waals surface area contributed by atoms with Gasteiger partial charge in [0, 0.05) is 18.0 Å². The van der Waals surface area contributed by atoms with Gasteiger partial charge in [0.1, 0.15) is 5.82 Å². The maximum atomic E-state index is 6.08. The van der Waals surface area contributed by atoms with E-state index in [-0.39, 0.29) is 0 Å². The first-order chi connectivity index (χ1) is 7.02. The van der Waals surface area contributed by atoms with Crippen LogP contribution in [0.3, 0.4) is 0 Å². The molecule has 0 unspecified atom stereocenters. The summed E-state index contributed by atoms with van der Waals surface area (Å²) in [5.41, 5.74) is 8.98. The number of anilines is 1. The second-order valence-corrected chi connectivity index (χ2v) is 5.06. The normalized spacial score (nSPS) is 18.5. The van der Waals surface area contributed by atoms with Crippen molar-refractivity contribution in [3.63, 3.8) is 0 Å². The molecule has 0 saturated heterocycles. The fourth-order valence-corrected chi connectivity index (χ4v) is 2.42. The Morgan fingerprint density at radius 1 is 1.47 bits per heavy atom. The number of nitrogens with two attached hydrogens (primary N) is 1. The average molecular weight is 207 g/mol. The van der Waals surface area contributed by atoms with E-state index < -0.39 is 0 Å². The molecule has 0 aromatic carbocycles. The van der Waals surface area contributed by atoms with Gasteiger partial charge in [-0.1, -0.05) is 20.8 Å². The second kappa shape index (κ2) is 3.26. The van der Waals surface area contributed by atoms with Crippen molar-refractivity contribution in [1.29, 1.82) is 0 Å². The zero-order valence-corrected chi connectivity index (χ0v) is 10.2. The lowest BCUT2D eigenvalue weighted by molar-refractivity contribution is 0.607. The smallest absolute Gasteiger partial charge is 0.125 e. The predicted octanol–water partition coefficient (Wildman–Crippen LogP) is 2.57. The van der Waals surface area contributed by atoms with E-state index in [0.29, 0.717) is 11.3 Å². The monoisotopic (exact) mass is 207 g/mol. The first kappa shape index (κ1) is 10.5. The predicted molar refractivity (Wildman–Crippen MR) is 62.9 cm³/mol. The molecule has 1 heterocycles. The largest absolute Gasteiger partial charge is 0.384 e. The minimum absolute atomic E-state index is 0.356. The van der Waals surface area contributed by atoms with Crippen molar-refractivity contribution in [2.75, 3.05) is 5.73 Å². The fourth-order valence-electron chi connectivity index (χ4n) is 2.42. The average Bonchev–Trinajstić information content (AvgIpc) is 2.91. The number of hydrogen-bond acceptors (Lipinski definition) is 2. The van der Waals surface area contributed by atoms with Gasteiger partial charge in [0.15, 0.2) is 0 Å². The van der Waals surface area contributed by atoms with Crippen LogP contribution in [0.2, 0.25) is 0 Å².